The van der Waals surface area contributed by atoms with E-state index in [9.17, 15) is 13.2 Å². The molecule has 0 amide bonds. The Labute approximate surface area is 112 Å². The van der Waals surface area contributed by atoms with Gasteiger partial charge < -0.3 is 5.11 Å². The zero-order valence-corrected chi connectivity index (χ0v) is 11.4. The zero-order chi connectivity index (χ0) is 14.0. The van der Waals surface area contributed by atoms with Crippen LogP contribution in [-0.4, -0.2) is 36.9 Å². The maximum absolute atomic E-state index is 12.4. The first-order valence-corrected chi connectivity index (χ1v) is 7.34. The van der Waals surface area contributed by atoms with Gasteiger partial charge in [-0.3, -0.25) is 0 Å². The molecule has 0 saturated carbocycles. The van der Waals surface area contributed by atoms with Gasteiger partial charge in [0.25, 0.3) is 0 Å². The van der Waals surface area contributed by atoms with Gasteiger partial charge in [-0.2, -0.15) is 4.31 Å². The molecular formula is C13H15NO4S. The number of carbonyl (C=O) groups is 1. The van der Waals surface area contributed by atoms with Crippen LogP contribution in [0.15, 0.2) is 40.8 Å². The molecule has 1 aliphatic heterocycles. The largest absolute Gasteiger partial charge is 0.478 e. The molecule has 1 aromatic rings. The molecule has 0 aromatic heterocycles. The summed E-state index contributed by atoms with van der Waals surface area (Å²) in [5.74, 6) is -1.13. The van der Waals surface area contributed by atoms with Gasteiger partial charge in [0.1, 0.15) is 0 Å². The summed E-state index contributed by atoms with van der Waals surface area (Å²) >= 11 is 0. The SMILES string of the molecule is CC1=CCN(S(=O)(=O)c2cccc(C(=O)O)c2)CC1. The Hall–Kier alpha value is -1.66. The molecule has 1 heterocycles. The van der Waals surface area contributed by atoms with Crippen molar-refractivity contribution in [3.8, 4) is 0 Å². The van der Waals surface area contributed by atoms with E-state index in [0.29, 0.717) is 19.5 Å². The van der Waals surface area contributed by atoms with Gasteiger partial charge in [-0.15, -0.1) is 0 Å². The minimum atomic E-state index is -3.62. The predicted molar refractivity (Wildman–Crippen MR) is 70.5 cm³/mol. The average molecular weight is 281 g/mol. The molecule has 0 atom stereocenters. The smallest absolute Gasteiger partial charge is 0.335 e. The zero-order valence-electron chi connectivity index (χ0n) is 10.5. The fraction of sp³-hybridized carbons (Fsp3) is 0.308. The van der Waals surface area contributed by atoms with Crippen molar-refractivity contribution in [2.24, 2.45) is 0 Å². The van der Waals surface area contributed by atoms with Crippen molar-refractivity contribution in [3.05, 3.63) is 41.5 Å². The number of nitrogens with zero attached hydrogens (tertiary/aromatic N) is 1. The van der Waals surface area contributed by atoms with E-state index in [-0.39, 0.29) is 10.5 Å². The summed E-state index contributed by atoms with van der Waals surface area (Å²) in [6, 6.07) is 5.44. The van der Waals surface area contributed by atoms with E-state index in [0.717, 1.165) is 0 Å². The first-order valence-electron chi connectivity index (χ1n) is 5.90. The molecule has 0 unspecified atom stereocenters. The van der Waals surface area contributed by atoms with E-state index in [1.807, 2.05) is 13.0 Å². The highest BCUT2D eigenvalue weighted by Gasteiger charge is 2.25. The molecule has 0 fully saturated rings. The lowest BCUT2D eigenvalue weighted by molar-refractivity contribution is 0.0696. The minimum absolute atomic E-state index is 0.0233. The molecule has 2 rings (SSSR count). The van der Waals surface area contributed by atoms with Crippen molar-refractivity contribution < 1.29 is 18.3 Å². The summed E-state index contributed by atoms with van der Waals surface area (Å²) in [7, 11) is -3.62. The van der Waals surface area contributed by atoms with Crippen molar-refractivity contribution >= 4 is 16.0 Å². The van der Waals surface area contributed by atoms with Crippen LogP contribution in [0.4, 0.5) is 0 Å². The van der Waals surface area contributed by atoms with Crippen LogP contribution in [0.25, 0.3) is 0 Å². The lowest BCUT2D eigenvalue weighted by atomic mass is 10.1. The normalized spacial score (nSPS) is 17.0. The second-order valence-corrected chi connectivity index (χ2v) is 6.43. The fourth-order valence-electron chi connectivity index (χ4n) is 1.91. The molecule has 1 aliphatic rings. The average Bonchev–Trinajstić information content (AvgIpc) is 2.39. The van der Waals surface area contributed by atoms with Gasteiger partial charge in [-0.25, -0.2) is 13.2 Å². The molecule has 0 saturated heterocycles. The Balaban J connectivity index is 2.35. The number of carboxylic acid groups (broad SMARTS) is 1. The molecule has 102 valence electrons. The lowest BCUT2D eigenvalue weighted by Crippen LogP contribution is -2.34. The van der Waals surface area contributed by atoms with E-state index >= 15 is 0 Å². The molecule has 5 nitrogen and oxygen atoms in total. The number of aromatic carboxylic acids is 1. The molecule has 6 heteroatoms. The van der Waals surface area contributed by atoms with Crippen LogP contribution < -0.4 is 0 Å². The van der Waals surface area contributed by atoms with Gasteiger partial charge in [-0.05, 0) is 31.5 Å². The van der Waals surface area contributed by atoms with Crippen molar-refractivity contribution in [2.75, 3.05) is 13.1 Å². The highest BCUT2D eigenvalue weighted by molar-refractivity contribution is 7.89. The number of hydrogen-bond donors (Lipinski definition) is 1. The van der Waals surface area contributed by atoms with Gasteiger partial charge in [0.2, 0.25) is 10.0 Å². The van der Waals surface area contributed by atoms with Crippen LogP contribution in [0, 0.1) is 0 Å². The first kappa shape index (κ1) is 13.8. The number of carboxylic acids is 1. The third-order valence-electron chi connectivity index (χ3n) is 3.12. The van der Waals surface area contributed by atoms with Gasteiger partial charge in [-0.1, -0.05) is 17.7 Å². The summed E-state index contributed by atoms with van der Waals surface area (Å²) in [4.78, 5) is 10.9. The van der Waals surface area contributed by atoms with Crippen molar-refractivity contribution in [1.29, 1.82) is 0 Å². The molecule has 1 aromatic carbocycles. The van der Waals surface area contributed by atoms with Crippen LogP contribution in [-0.2, 0) is 10.0 Å². The van der Waals surface area contributed by atoms with Crippen molar-refractivity contribution in [2.45, 2.75) is 18.2 Å². The number of hydrogen-bond acceptors (Lipinski definition) is 3. The minimum Gasteiger partial charge on any atom is -0.478 e. The number of sulfonamides is 1. The first-order chi connectivity index (χ1) is 8.91. The molecular weight excluding hydrogens is 266 g/mol. The predicted octanol–water partition coefficient (Wildman–Crippen LogP) is 1.73. The quantitative estimate of drug-likeness (QED) is 0.856. The van der Waals surface area contributed by atoms with E-state index in [1.54, 1.807) is 0 Å². The maximum Gasteiger partial charge on any atom is 0.335 e. The molecule has 0 radical (unpaired) electrons. The third kappa shape index (κ3) is 2.85. The number of rotatable bonds is 3. The second kappa shape index (κ2) is 5.14. The lowest BCUT2D eigenvalue weighted by Gasteiger charge is -2.24. The Morgan fingerprint density at radius 2 is 2.11 bits per heavy atom. The van der Waals surface area contributed by atoms with Gasteiger partial charge in [0.15, 0.2) is 0 Å². The standard InChI is InChI=1S/C13H15NO4S/c1-10-5-7-14(8-6-10)19(17,18)12-4-2-3-11(9-12)13(15)16/h2-5,9H,6-8H2,1H3,(H,15,16). The summed E-state index contributed by atoms with van der Waals surface area (Å²) in [5.41, 5.74) is 1.15. The molecule has 0 bridgehead atoms. The van der Waals surface area contributed by atoms with E-state index < -0.39 is 16.0 Å². The van der Waals surface area contributed by atoms with Crippen molar-refractivity contribution in [3.63, 3.8) is 0 Å². The van der Waals surface area contributed by atoms with Gasteiger partial charge >= 0.3 is 5.97 Å². The Morgan fingerprint density at radius 1 is 1.37 bits per heavy atom. The van der Waals surface area contributed by atoms with Crippen LogP contribution in [0.3, 0.4) is 0 Å². The van der Waals surface area contributed by atoms with Gasteiger partial charge in [0, 0.05) is 13.1 Å². The third-order valence-corrected chi connectivity index (χ3v) is 4.98. The summed E-state index contributed by atoms with van der Waals surface area (Å²) in [5, 5.41) is 8.90. The van der Waals surface area contributed by atoms with Gasteiger partial charge in [0.05, 0.1) is 10.5 Å². The van der Waals surface area contributed by atoms with Crippen molar-refractivity contribution in [1.82, 2.24) is 4.31 Å². The monoisotopic (exact) mass is 281 g/mol. The molecule has 1 N–H and O–H groups in total. The van der Waals surface area contributed by atoms with E-state index in [4.69, 9.17) is 5.11 Å². The second-order valence-electron chi connectivity index (χ2n) is 4.50. The Bertz CT molecular complexity index is 634. The number of benzene rings is 1. The van der Waals surface area contributed by atoms with Crippen LogP contribution in [0.2, 0.25) is 0 Å². The molecule has 0 aliphatic carbocycles. The fourth-order valence-corrected chi connectivity index (χ4v) is 3.34. The highest BCUT2D eigenvalue weighted by Crippen LogP contribution is 2.21. The summed E-state index contributed by atoms with van der Waals surface area (Å²) in [6.07, 6.45) is 2.58. The Kier molecular flexibility index (Phi) is 3.73. The highest BCUT2D eigenvalue weighted by atomic mass is 32.2. The topological polar surface area (TPSA) is 74.7 Å². The Morgan fingerprint density at radius 3 is 2.68 bits per heavy atom. The molecule has 0 spiro atoms. The molecule has 19 heavy (non-hydrogen) atoms. The van der Waals surface area contributed by atoms with Crippen LogP contribution in [0.1, 0.15) is 23.7 Å². The van der Waals surface area contributed by atoms with E-state index in [1.165, 1.54) is 34.1 Å². The summed E-state index contributed by atoms with van der Waals surface area (Å²) < 4.78 is 26.1. The van der Waals surface area contributed by atoms with E-state index in [2.05, 4.69) is 0 Å². The van der Waals surface area contributed by atoms with Crippen LogP contribution in [0.5, 0.6) is 0 Å². The summed E-state index contributed by atoms with van der Waals surface area (Å²) in [6.45, 7) is 2.74. The van der Waals surface area contributed by atoms with Crippen LogP contribution >= 0.6 is 0 Å². The maximum atomic E-state index is 12.4.